The van der Waals surface area contributed by atoms with Crippen LogP contribution in [0.15, 0.2) is 53.1 Å². The molecule has 3 aromatic heterocycles. The van der Waals surface area contributed by atoms with E-state index in [4.69, 9.17) is 28.7 Å². The summed E-state index contributed by atoms with van der Waals surface area (Å²) in [5.41, 5.74) is 7.75. The van der Waals surface area contributed by atoms with Gasteiger partial charge in [0.2, 0.25) is 0 Å². The van der Waals surface area contributed by atoms with E-state index >= 15 is 0 Å². The number of morpholine rings is 1. The van der Waals surface area contributed by atoms with Gasteiger partial charge in [-0.3, -0.25) is 4.90 Å². The van der Waals surface area contributed by atoms with Crippen LogP contribution in [0.2, 0.25) is 0 Å². The first-order chi connectivity index (χ1) is 25.0. The molecule has 266 valence electrons. The maximum atomic E-state index is 5.98. The molecule has 5 heterocycles. The fourth-order valence-corrected chi connectivity index (χ4v) is 8.17. The van der Waals surface area contributed by atoms with Crippen LogP contribution >= 0.6 is 0 Å². The van der Waals surface area contributed by atoms with Crippen LogP contribution in [0.4, 0.5) is 5.69 Å². The first-order valence-corrected chi connectivity index (χ1v) is 18.4. The molecule has 0 bridgehead atoms. The van der Waals surface area contributed by atoms with E-state index in [1.165, 1.54) is 29.3 Å². The van der Waals surface area contributed by atoms with Gasteiger partial charge in [-0.15, -0.1) is 0 Å². The van der Waals surface area contributed by atoms with Crippen LogP contribution in [-0.2, 0) is 9.47 Å². The Bertz CT molecular complexity index is 2140. The fraction of sp³-hybridized carbons (Fsp3) is 0.439. The Labute approximate surface area is 299 Å². The minimum absolute atomic E-state index is 0.693. The average molecular weight is 689 g/mol. The minimum atomic E-state index is 0.693. The molecule has 2 fully saturated rings. The van der Waals surface area contributed by atoms with Crippen molar-refractivity contribution in [2.75, 3.05) is 71.2 Å². The van der Waals surface area contributed by atoms with Crippen LogP contribution in [0.3, 0.4) is 0 Å². The highest BCUT2D eigenvalue weighted by Gasteiger charge is 2.24. The first kappa shape index (κ1) is 33.6. The number of fused-ring (bicyclic) bond motifs is 4. The van der Waals surface area contributed by atoms with E-state index in [2.05, 4.69) is 68.5 Å². The predicted molar refractivity (Wildman–Crippen MR) is 203 cm³/mol. The number of aryl methyl sites for hydroxylation is 3. The van der Waals surface area contributed by atoms with Crippen molar-refractivity contribution in [3.63, 3.8) is 0 Å². The second-order valence-electron chi connectivity index (χ2n) is 14.1. The molecule has 6 aromatic rings. The van der Waals surface area contributed by atoms with Crippen molar-refractivity contribution in [3.05, 3.63) is 65.8 Å². The molecule has 2 aliphatic rings. The molecule has 10 nitrogen and oxygen atoms in total. The summed E-state index contributed by atoms with van der Waals surface area (Å²) in [5.74, 6) is 2.92. The van der Waals surface area contributed by atoms with Crippen LogP contribution in [0.25, 0.3) is 55.1 Å². The first-order valence-electron chi connectivity index (χ1n) is 18.4. The molecule has 0 radical (unpaired) electrons. The van der Waals surface area contributed by atoms with Crippen molar-refractivity contribution in [2.24, 2.45) is 5.92 Å². The number of hydrogen-bond donors (Lipinski definition) is 1. The van der Waals surface area contributed by atoms with Gasteiger partial charge in [0, 0.05) is 79.0 Å². The van der Waals surface area contributed by atoms with E-state index in [0.717, 1.165) is 139 Å². The Morgan fingerprint density at radius 2 is 1.71 bits per heavy atom. The number of rotatable bonds is 10. The SMILES string of the molecule is COc1cc2c(cc1-c1c(C)noc1C)[nH]c1nc(C)nc(-c3ccc(N(CCC4CCCOCC4)CCN4CCOCC4)c4ccccc34)c12. The number of hydrogen-bond acceptors (Lipinski definition) is 9. The van der Waals surface area contributed by atoms with Crippen LogP contribution in [0.1, 0.15) is 43.0 Å². The van der Waals surface area contributed by atoms with Gasteiger partial charge >= 0.3 is 0 Å². The Morgan fingerprint density at radius 1 is 0.882 bits per heavy atom. The van der Waals surface area contributed by atoms with E-state index in [1.807, 2.05) is 20.8 Å². The van der Waals surface area contributed by atoms with Gasteiger partial charge in [-0.2, -0.15) is 0 Å². The third-order valence-corrected chi connectivity index (χ3v) is 10.9. The van der Waals surface area contributed by atoms with Gasteiger partial charge in [-0.25, -0.2) is 9.97 Å². The van der Waals surface area contributed by atoms with Gasteiger partial charge < -0.3 is 28.6 Å². The zero-order valence-electron chi connectivity index (χ0n) is 30.3. The summed E-state index contributed by atoms with van der Waals surface area (Å²) >= 11 is 0. The number of methoxy groups -OCH3 is 1. The van der Waals surface area contributed by atoms with Gasteiger partial charge in [-0.1, -0.05) is 35.5 Å². The number of anilines is 1. The van der Waals surface area contributed by atoms with Gasteiger partial charge in [0.15, 0.2) is 0 Å². The molecule has 0 spiro atoms. The van der Waals surface area contributed by atoms with Crippen molar-refractivity contribution in [3.8, 4) is 28.1 Å². The fourth-order valence-electron chi connectivity index (χ4n) is 8.17. The highest BCUT2D eigenvalue weighted by Crippen LogP contribution is 2.43. The molecule has 2 aliphatic heterocycles. The van der Waals surface area contributed by atoms with Gasteiger partial charge in [0.25, 0.3) is 0 Å². The molecule has 2 saturated heterocycles. The molecule has 0 saturated carbocycles. The lowest BCUT2D eigenvalue weighted by atomic mass is 9.95. The molecule has 1 atom stereocenters. The smallest absolute Gasteiger partial charge is 0.142 e. The number of nitrogens with one attached hydrogen (secondary N) is 1. The monoisotopic (exact) mass is 688 g/mol. The number of aromatic amines is 1. The van der Waals surface area contributed by atoms with Crippen LogP contribution in [-0.4, -0.2) is 91.3 Å². The second-order valence-corrected chi connectivity index (χ2v) is 14.1. The van der Waals surface area contributed by atoms with Crippen LogP contribution in [0.5, 0.6) is 5.75 Å². The van der Waals surface area contributed by atoms with Gasteiger partial charge in [0.1, 0.15) is 23.0 Å². The molecule has 10 heteroatoms. The molecule has 0 aliphatic carbocycles. The molecule has 1 N–H and O–H groups in total. The highest BCUT2D eigenvalue weighted by molar-refractivity contribution is 6.16. The number of aromatic nitrogens is 4. The van der Waals surface area contributed by atoms with E-state index in [0.29, 0.717) is 5.92 Å². The third kappa shape index (κ3) is 6.68. The zero-order valence-corrected chi connectivity index (χ0v) is 30.3. The highest BCUT2D eigenvalue weighted by atomic mass is 16.5. The lowest BCUT2D eigenvalue weighted by molar-refractivity contribution is 0.0391. The zero-order chi connectivity index (χ0) is 34.9. The van der Waals surface area contributed by atoms with Gasteiger partial charge in [0.05, 0.1) is 42.7 Å². The standard InChI is InChI=1S/C41H48N6O4/c1-26-38(27(2)51-45-26)34-24-35-33(25-37(34)48-4)39-40(42-28(3)43-41(39)44-35)32-11-12-36(31-10-6-5-9-30(31)32)47(17-16-46-18-22-50-23-19-46)15-13-29-8-7-20-49-21-14-29/h5-6,9-12,24-25,29H,7-8,13-23H2,1-4H3,(H,42,43,44). The molecule has 51 heavy (non-hydrogen) atoms. The maximum absolute atomic E-state index is 5.98. The summed E-state index contributed by atoms with van der Waals surface area (Å²) in [6.07, 6.45) is 4.72. The number of H-pyrrole nitrogens is 1. The average Bonchev–Trinajstić information content (AvgIpc) is 3.54. The number of benzene rings is 3. The van der Waals surface area contributed by atoms with Crippen LogP contribution < -0.4 is 9.64 Å². The lowest BCUT2D eigenvalue weighted by Gasteiger charge is -2.33. The van der Waals surface area contributed by atoms with Crippen molar-refractivity contribution in [1.82, 2.24) is 25.0 Å². The summed E-state index contributed by atoms with van der Waals surface area (Å²) in [5, 5.41) is 8.62. The van der Waals surface area contributed by atoms with Crippen molar-refractivity contribution in [1.29, 1.82) is 0 Å². The molecule has 1 unspecified atom stereocenters. The van der Waals surface area contributed by atoms with E-state index in [-0.39, 0.29) is 0 Å². The van der Waals surface area contributed by atoms with Crippen molar-refractivity contribution >= 4 is 38.4 Å². The Balaban J connectivity index is 1.22. The third-order valence-electron chi connectivity index (χ3n) is 10.9. The predicted octanol–water partition coefficient (Wildman–Crippen LogP) is 7.87. The Hall–Kier alpha value is -4.51. The summed E-state index contributed by atoms with van der Waals surface area (Å²) in [7, 11) is 1.71. The second kappa shape index (κ2) is 14.6. The van der Waals surface area contributed by atoms with E-state index < -0.39 is 0 Å². The van der Waals surface area contributed by atoms with Crippen molar-refractivity contribution < 1.29 is 18.7 Å². The summed E-state index contributed by atoms with van der Waals surface area (Å²) < 4.78 is 23.0. The largest absolute Gasteiger partial charge is 0.496 e. The maximum Gasteiger partial charge on any atom is 0.142 e. The number of ether oxygens (including phenoxy) is 3. The van der Waals surface area contributed by atoms with E-state index in [1.54, 1.807) is 7.11 Å². The van der Waals surface area contributed by atoms with E-state index in [9.17, 15) is 0 Å². The summed E-state index contributed by atoms with van der Waals surface area (Å²) in [6, 6.07) is 17.6. The van der Waals surface area contributed by atoms with Crippen LogP contribution in [0, 0.1) is 26.7 Å². The molecular formula is C41H48N6O4. The lowest BCUT2D eigenvalue weighted by Crippen LogP contribution is -2.42. The summed E-state index contributed by atoms with van der Waals surface area (Å²) in [4.78, 5) is 18.8. The molecular weight excluding hydrogens is 640 g/mol. The quantitative estimate of drug-likeness (QED) is 0.154. The molecule has 3 aromatic carbocycles. The minimum Gasteiger partial charge on any atom is -0.496 e. The Morgan fingerprint density at radius 3 is 2.51 bits per heavy atom. The molecule has 8 rings (SSSR count). The Kier molecular flexibility index (Phi) is 9.64. The normalized spacial score (nSPS) is 17.4. The topological polar surface area (TPSA) is 102 Å². The summed E-state index contributed by atoms with van der Waals surface area (Å²) in [6.45, 7) is 14.2. The number of nitrogens with zero attached hydrogens (tertiary/aromatic N) is 5. The van der Waals surface area contributed by atoms with Gasteiger partial charge in [-0.05, 0) is 76.0 Å². The molecule has 0 amide bonds. The van der Waals surface area contributed by atoms with Crippen molar-refractivity contribution in [2.45, 2.75) is 46.5 Å².